The molecule has 20 heavy (non-hydrogen) atoms. The monoisotopic (exact) mass is 276 g/mol. The maximum Gasteiger partial charge on any atom is 0.231 e. The molecule has 0 radical (unpaired) electrons. The summed E-state index contributed by atoms with van der Waals surface area (Å²) >= 11 is 0. The van der Waals surface area contributed by atoms with Crippen LogP contribution in [0.25, 0.3) is 0 Å². The quantitative estimate of drug-likeness (QED) is 0.715. The SMILES string of the molecule is CN(C)c1nc(N)nc(NCCCCn2ccnc2)n1. The standard InChI is InChI=1S/C12H20N8/c1-19(2)12-17-10(13)16-11(18-12)15-5-3-4-7-20-8-6-14-9-20/h6,8-9H,3-5,7H2,1-2H3,(H3,13,15,16,17,18). The van der Waals surface area contributed by atoms with E-state index in [1.807, 2.05) is 26.6 Å². The van der Waals surface area contributed by atoms with Gasteiger partial charge in [-0.25, -0.2) is 4.98 Å². The number of anilines is 3. The zero-order valence-electron chi connectivity index (χ0n) is 11.8. The fourth-order valence-electron chi connectivity index (χ4n) is 1.70. The average molecular weight is 276 g/mol. The highest BCUT2D eigenvalue weighted by Crippen LogP contribution is 2.09. The lowest BCUT2D eigenvalue weighted by Crippen LogP contribution is -2.17. The van der Waals surface area contributed by atoms with Gasteiger partial charge < -0.3 is 20.5 Å². The number of rotatable bonds is 7. The Hall–Kier alpha value is -2.38. The highest BCUT2D eigenvalue weighted by atomic mass is 15.3. The van der Waals surface area contributed by atoms with Crippen LogP contribution in [0.4, 0.5) is 17.8 Å². The van der Waals surface area contributed by atoms with E-state index >= 15 is 0 Å². The fraction of sp³-hybridized carbons (Fsp3) is 0.500. The Labute approximate surface area is 118 Å². The number of aromatic nitrogens is 5. The van der Waals surface area contributed by atoms with Crippen LogP contribution in [-0.2, 0) is 6.54 Å². The molecule has 0 unspecified atom stereocenters. The smallest absolute Gasteiger partial charge is 0.231 e. The molecular formula is C12H20N8. The number of nitrogen functional groups attached to an aromatic ring is 1. The Morgan fingerprint density at radius 2 is 2.10 bits per heavy atom. The maximum atomic E-state index is 5.65. The summed E-state index contributed by atoms with van der Waals surface area (Å²) in [7, 11) is 3.73. The summed E-state index contributed by atoms with van der Waals surface area (Å²) in [6.45, 7) is 1.76. The van der Waals surface area contributed by atoms with E-state index < -0.39 is 0 Å². The summed E-state index contributed by atoms with van der Waals surface area (Å²) in [5.74, 6) is 1.30. The van der Waals surface area contributed by atoms with E-state index in [1.54, 1.807) is 11.1 Å². The lowest BCUT2D eigenvalue weighted by atomic mass is 10.3. The largest absolute Gasteiger partial charge is 0.368 e. The first-order chi connectivity index (χ1) is 9.65. The first-order valence-corrected chi connectivity index (χ1v) is 6.53. The van der Waals surface area contributed by atoms with E-state index in [0.717, 1.165) is 25.9 Å². The molecule has 0 amide bonds. The molecule has 108 valence electrons. The van der Waals surface area contributed by atoms with Gasteiger partial charge in [-0.15, -0.1) is 0 Å². The number of nitrogens with one attached hydrogen (secondary N) is 1. The summed E-state index contributed by atoms with van der Waals surface area (Å²) in [4.78, 5) is 18.2. The number of aryl methyl sites for hydroxylation is 1. The van der Waals surface area contributed by atoms with Crippen LogP contribution in [0.5, 0.6) is 0 Å². The fourth-order valence-corrected chi connectivity index (χ4v) is 1.70. The van der Waals surface area contributed by atoms with Gasteiger partial charge in [-0.2, -0.15) is 15.0 Å². The van der Waals surface area contributed by atoms with Crippen molar-refractivity contribution in [1.82, 2.24) is 24.5 Å². The third-order valence-electron chi connectivity index (χ3n) is 2.73. The van der Waals surface area contributed by atoms with E-state index in [9.17, 15) is 0 Å². The third kappa shape index (κ3) is 4.08. The van der Waals surface area contributed by atoms with Gasteiger partial charge in [0.15, 0.2) is 0 Å². The molecule has 0 saturated heterocycles. The van der Waals surface area contributed by atoms with Crippen molar-refractivity contribution in [3.05, 3.63) is 18.7 Å². The highest BCUT2D eigenvalue weighted by molar-refractivity contribution is 5.40. The van der Waals surface area contributed by atoms with Crippen LogP contribution in [-0.4, -0.2) is 45.1 Å². The molecule has 0 aromatic carbocycles. The number of hydrogen-bond donors (Lipinski definition) is 2. The summed E-state index contributed by atoms with van der Waals surface area (Å²) in [5, 5.41) is 3.17. The molecule has 0 saturated carbocycles. The molecule has 8 heteroatoms. The van der Waals surface area contributed by atoms with Crippen molar-refractivity contribution >= 4 is 17.8 Å². The minimum Gasteiger partial charge on any atom is -0.368 e. The second-order valence-electron chi connectivity index (χ2n) is 4.65. The van der Waals surface area contributed by atoms with Gasteiger partial charge in [0, 0.05) is 39.6 Å². The molecule has 2 aromatic rings. The molecule has 2 rings (SSSR count). The Balaban J connectivity index is 1.76. The van der Waals surface area contributed by atoms with Crippen LogP contribution in [0.3, 0.4) is 0 Å². The molecule has 0 bridgehead atoms. The molecule has 3 N–H and O–H groups in total. The van der Waals surface area contributed by atoms with Crippen LogP contribution in [0, 0.1) is 0 Å². The molecule has 8 nitrogen and oxygen atoms in total. The van der Waals surface area contributed by atoms with Gasteiger partial charge in [-0.1, -0.05) is 0 Å². The first-order valence-electron chi connectivity index (χ1n) is 6.53. The van der Waals surface area contributed by atoms with E-state index in [-0.39, 0.29) is 5.95 Å². The summed E-state index contributed by atoms with van der Waals surface area (Å²) in [5.41, 5.74) is 5.65. The molecule has 2 aromatic heterocycles. The Morgan fingerprint density at radius 3 is 2.80 bits per heavy atom. The summed E-state index contributed by atoms with van der Waals surface area (Å²) < 4.78 is 2.06. The predicted molar refractivity (Wildman–Crippen MR) is 78.5 cm³/mol. The van der Waals surface area contributed by atoms with Gasteiger partial charge in [0.2, 0.25) is 17.8 Å². The number of nitrogens with two attached hydrogens (primary N) is 1. The van der Waals surface area contributed by atoms with Crippen molar-refractivity contribution in [2.75, 3.05) is 36.6 Å². The van der Waals surface area contributed by atoms with Crippen LogP contribution >= 0.6 is 0 Å². The number of nitrogens with zero attached hydrogens (tertiary/aromatic N) is 6. The Morgan fingerprint density at radius 1 is 1.25 bits per heavy atom. The van der Waals surface area contributed by atoms with Crippen LogP contribution < -0.4 is 16.0 Å². The van der Waals surface area contributed by atoms with Gasteiger partial charge in [0.05, 0.1) is 6.33 Å². The Kier molecular flexibility index (Phi) is 4.70. The predicted octanol–water partition coefficient (Wildman–Crippen LogP) is 0.609. The number of hydrogen-bond acceptors (Lipinski definition) is 7. The molecular weight excluding hydrogens is 256 g/mol. The van der Waals surface area contributed by atoms with Gasteiger partial charge in [0.1, 0.15) is 0 Å². The van der Waals surface area contributed by atoms with Crippen LogP contribution in [0.15, 0.2) is 18.7 Å². The average Bonchev–Trinajstić information content (AvgIpc) is 2.91. The maximum absolute atomic E-state index is 5.65. The van der Waals surface area contributed by atoms with Gasteiger partial charge >= 0.3 is 0 Å². The topological polar surface area (TPSA) is 97.8 Å². The minimum absolute atomic E-state index is 0.226. The lowest BCUT2D eigenvalue weighted by molar-refractivity contribution is 0.620. The normalized spacial score (nSPS) is 10.5. The highest BCUT2D eigenvalue weighted by Gasteiger charge is 2.05. The zero-order chi connectivity index (χ0) is 14.4. The van der Waals surface area contributed by atoms with E-state index in [2.05, 4.69) is 29.8 Å². The second-order valence-corrected chi connectivity index (χ2v) is 4.65. The van der Waals surface area contributed by atoms with Gasteiger partial charge in [-0.3, -0.25) is 0 Å². The Bertz CT molecular complexity index is 522. The number of unbranched alkanes of at least 4 members (excludes halogenated alkanes) is 1. The molecule has 0 spiro atoms. The lowest BCUT2D eigenvalue weighted by Gasteiger charge is -2.12. The molecule has 0 aliphatic heterocycles. The van der Waals surface area contributed by atoms with Crippen molar-refractivity contribution in [2.24, 2.45) is 0 Å². The first kappa shape index (κ1) is 14.0. The minimum atomic E-state index is 0.226. The van der Waals surface area contributed by atoms with Gasteiger partial charge in [0.25, 0.3) is 0 Å². The third-order valence-corrected chi connectivity index (χ3v) is 2.73. The van der Waals surface area contributed by atoms with Gasteiger partial charge in [-0.05, 0) is 12.8 Å². The van der Waals surface area contributed by atoms with Crippen molar-refractivity contribution < 1.29 is 0 Å². The summed E-state index contributed by atoms with van der Waals surface area (Å²) in [6, 6.07) is 0. The van der Waals surface area contributed by atoms with Crippen molar-refractivity contribution in [2.45, 2.75) is 19.4 Å². The van der Waals surface area contributed by atoms with E-state index in [1.165, 1.54) is 0 Å². The second kappa shape index (κ2) is 6.69. The van der Waals surface area contributed by atoms with Crippen LogP contribution in [0.1, 0.15) is 12.8 Å². The molecule has 2 heterocycles. The number of imidazole rings is 1. The van der Waals surface area contributed by atoms with Crippen molar-refractivity contribution in [3.8, 4) is 0 Å². The van der Waals surface area contributed by atoms with E-state index in [4.69, 9.17) is 5.73 Å². The molecule has 0 fully saturated rings. The van der Waals surface area contributed by atoms with Crippen LogP contribution in [0.2, 0.25) is 0 Å². The van der Waals surface area contributed by atoms with E-state index in [0.29, 0.717) is 11.9 Å². The molecule has 0 atom stereocenters. The van der Waals surface area contributed by atoms with Crippen molar-refractivity contribution in [3.63, 3.8) is 0 Å². The summed E-state index contributed by atoms with van der Waals surface area (Å²) in [6.07, 6.45) is 7.65. The molecule has 0 aliphatic carbocycles. The zero-order valence-corrected chi connectivity index (χ0v) is 11.8. The van der Waals surface area contributed by atoms with Crippen molar-refractivity contribution in [1.29, 1.82) is 0 Å². The molecule has 0 aliphatic rings.